The van der Waals surface area contributed by atoms with E-state index in [-0.39, 0.29) is 6.10 Å². The number of nitrogens with zero attached hydrogens (tertiary/aromatic N) is 3. The van der Waals surface area contributed by atoms with Gasteiger partial charge >= 0.3 is 0 Å². The molecule has 6 nitrogen and oxygen atoms in total. The van der Waals surface area contributed by atoms with Gasteiger partial charge in [0.2, 0.25) is 0 Å². The van der Waals surface area contributed by atoms with Crippen LogP contribution in [0.2, 0.25) is 0 Å². The predicted molar refractivity (Wildman–Crippen MR) is 105 cm³/mol. The van der Waals surface area contributed by atoms with Crippen molar-refractivity contribution in [3.8, 4) is 11.3 Å². The van der Waals surface area contributed by atoms with Crippen LogP contribution in [0.25, 0.3) is 27.9 Å². The van der Waals surface area contributed by atoms with Gasteiger partial charge in [-0.05, 0) is 43.9 Å². The lowest BCUT2D eigenvalue weighted by atomic mass is 10.1. The molecule has 2 unspecified atom stereocenters. The maximum absolute atomic E-state index is 9.91. The fourth-order valence-electron chi connectivity index (χ4n) is 4.01. The fraction of sp³-hybridized carbons (Fsp3) is 0.286. The molecule has 0 saturated heterocycles. The SMILES string of the molecule is C=O.Cc1cccc(-c2cc3c(ncc4cnc(C5CCC(O)C5)n43)[nH]2)c1. The molecule has 1 aliphatic carbocycles. The van der Waals surface area contributed by atoms with E-state index in [4.69, 9.17) is 4.79 Å². The molecule has 0 spiro atoms. The molecule has 0 aliphatic heterocycles. The second-order valence-corrected chi connectivity index (χ2v) is 7.09. The molecule has 0 bridgehead atoms. The standard InChI is InChI=1S/C20H20N4O.CH2O/c1-12-3-2-4-13(7-12)17-9-18-19(23-17)21-10-15-11-22-20(24(15)18)14-5-6-16(25)8-14;1-2/h2-4,7,9-11,14,16,23,25H,5-6,8H2,1H3;1H2. The van der Waals surface area contributed by atoms with Crippen molar-refractivity contribution in [2.24, 2.45) is 0 Å². The lowest BCUT2D eigenvalue weighted by Gasteiger charge is -2.09. The minimum absolute atomic E-state index is 0.205. The molecule has 6 heteroatoms. The van der Waals surface area contributed by atoms with Gasteiger partial charge in [0.1, 0.15) is 12.6 Å². The minimum atomic E-state index is -0.205. The number of aliphatic hydroxyl groups is 1. The molecule has 3 aromatic heterocycles. The lowest BCUT2D eigenvalue weighted by Crippen LogP contribution is -2.04. The summed E-state index contributed by atoms with van der Waals surface area (Å²) >= 11 is 0. The van der Waals surface area contributed by atoms with Crippen LogP contribution in [0.1, 0.15) is 36.6 Å². The molecule has 3 heterocycles. The Balaban J connectivity index is 0.000000872. The molecule has 2 N–H and O–H groups in total. The van der Waals surface area contributed by atoms with Crippen LogP contribution in [0.4, 0.5) is 0 Å². The van der Waals surface area contributed by atoms with E-state index in [9.17, 15) is 5.11 Å². The summed E-state index contributed by atoms with van der Waals surface area (Å²) in [4.78, 5) is 20.7. The lowest BCUT2D eigenvalue weighted by molar-refractivity contribution is -0.0979. The number of fused-ring (bicyclic) bond motifs is 3. The molecule has 4 aromatic rings. The molecule has 0 amide bonds. The Labute approximate surface area is 156 Å². The average Bonchev–Trinajstić information content (AvgIpc) is 3.39. The number of aliphatic hydroxyl groups excluding tert-OH is 1. The highest BCUT2D eigenvalue weighted by Gasteiger charge is 2.28. The summed E-state index contributed by atoms with van der Waals surface area (Å²) < 4.78 is 2.20. The van der Waals surface area contributed by atoms with Crippen molar-refractivity contribution in [1.82, 2.24) is 19.4 Å². The van der Waals surface area contributed by atoms with Gasteiger partial charge in [-0.15, -0.1) is 0 Å². The van der Waals surface area contributed by atoms with E-state index in [0.717, 1.165) is 53.0 Å². The number of aromatic amines is 1. The van der Waals surface area contributed by atoms with E-state index in [1.807, 2.05) is 19.2 Å². The van der Waals surface area contributed by atoms with Gasteiger partial charge in [-0.1, -0.05) is 23.8 Å². The first kappa shape index (κ1) is 17.4. The van der Waals surface area contributed by atoms with Crippen LogP contribution in [-0.2, 0) is 4.79 Å². The number of rotatable bonds is 2. The van der Waals surface area contributed by atoms with Gasteiger partial charge in [-0.3, -0.25) is 4.40 Å². The van der Waals surface area contributed by atoms with Crippen molar-refractivity contribution in [1.29, 1.82) is 0 Å². The Hall–Kier alpha value is -2.99. The van der Waals surface area contributed by atoms with E-state index in [1.165, 1.54) is 5.56 Å². The molecule has 0 radical (unpaired) electrons. The van der Waals surface area contributed by atoms with E-state index in [0.29, 0.717) is 5.92 Å². The van der Waals surface area contributed by atoms with Gasteiger partial charge in [-0.2, -0.15) is 0 Å². The van der Waals surface area contributed by atoms with Crippen molar-refractivity contribution in [3.63, 3.8) is 0 Å². The largest absolute Gasteiger partial charge is 0.393 e. The second-order valence-electron chi connectivity index (χ2n) is 7.09. The number of imidazole rings is 1. The number of hydrogen-bond donors (Lipinski definition) is 2. The Morgan fingerprint density at radius 3 is 2.74 bits per heavy atom. The average molecular weight is 362 g/mol. The number of aromatic nitrogens is 4. The fourth-order valence-corrected chi connectivity index (χ4v) is 4.01. The third kappa shape index (κ3) is 3.02. The quantitative estimate of drug-likeness (QED) is 0.570. The summed E-state index contributed by atoms with van der Waals surface area (Å²) in [6, 6.07) is 10.6. The smallest absolute Gasteiger partial charge is 0.154 e. The van der Waals surface area contributed by atoms with Gasteiger partial charge in [0, 0.05) is 11.6 Å². The molecule has 2 atom stereocenters. The zero-order valence-corrected chi connectivity index (χ0v) is 15.2. The Morgan fingerprint density at radius 2 is 2.00 bits per heavy atom. The van der Waals surface area contributed by atoms with Crippen molar-refractivity contribution in [2.45, 2.75) is 38.2 Å². The summed E-state index contributed by atoms with van der Waals surface area (Å²) in [6.45, 7) is 4.10. The van der Waals surface area contributed by atoms with Crippen molar-refractivity contribution in [3.05, 3.63) is 54.1 Å². The first-order valence-electron chi connectivity index (χ1n) is 9.08. The molecule has 138 valence electrons. The predicted octanol–water partition coefficient (Wildman–Crippen LogP) is 3.63. The monoisotopic (exact) mass is 362 g/mol. The highest BCUT2D eigenvalue weighted by molar-refractivity contribution is 5.82. The van der Waals surface area contributed by atoms with Gasteiger partial charge < -0.3 is 14.9 Å². The van der Waals surface area contributed by atoms with Crippen LogP contribution in [0, 0.1) is 6.92 Å². The first-order chi connectivity index (χ1) is 13.2. The van der Waals surface area contributed by atoms with Crippen molar-refractivity contribution in [2.75, 3.05) is 0 Å². The summed E-state index contributed by atoms with van der Waals surface area (Å²) in [5, 5.41) is 9.91. The zero-order valence-electron chi connectivity index (χ0n) is 15.2. The molecule has 5 rings (SSSR count). The highest BCUT2D eigenvalue weighted by Crippen LogP contribution is 2.35. The minimum Gasteiger partial charge on any atom is -0.393 e. The van der Waals surface area contributed by atoms with Gasteiger partial charge in [-0.25, -0.2) is 9.97 Å². The van der Waals surface area contributed by atoms with Crippen LogP contribution in [0.15, 0.2) is 42.7 Å². The van der Waals surface area contributed by atoms with Gasteiger partial charge in [0.15, 0.2) is 5.65 Å². The normalized spacial score (nSPS) is 19.3. The highest BCUT2D eigenvalue weighted by atomic mass is 16.3. The molecular formula is C21H22N4O2. The number of benzene rings is 1. The third-order valence-electron chi connectivity index (χ3n) is 5.26. The zero-order chi connectivity index (χ0) is 19.0. The number of nitrogens with one attached hydrogen (secondary N) is 1. The van der Waals surface area contributed by atoms with E-state index in [1.54, 1.807) is 0 Å². The Morgan fingerprint density at radius 1 is 1.19 bits per heavy atom. The third-order valence-corrected chi connectivity index (χ3v) is 5.26. The van der Waals surface area contributed by atoms with Crippen LogP contribution in [0.3, 0.4) is 0 Å². The van der Waals surface area contributed by atoms with E-state index >= 15 is 0 Å². The molecular weight excluding hydrogens is 340 g/mol. The summed E-state index contributed by atoms with van der Waals surface area (Å²) in [6.07, 6.45) is 6.17. The number of H-pyrrole nitrogens is 1. The Bertz CT molecular complexity index is 1100. The van der Waals surface area contributed by atoms with Crippen LogP contribution >= 0.6 is 0 Å². The van der Waals surface area contributed by atoms with Crippen LogP contribution < -0.4 is 0 Å². The van der Waals surface area contributed by atoms with Gasteiger partial charge in [0.05, 0.1) is 29.5 Å². The summed E-state index contributed by atoms with van der Waals surface area (Å²) in [7, 11) is 0. The maximum atomic E-state index is 9.91. The molecule has 1 fully saturated rings. The molecule has 1 saturated carbocycles. The maximum Gasteiger partial charge on any atom is 0.154 e. The first-order valence-corrected chi connectivity index (χ1v) is 9.08. The molecule has 27 heavy (non-hydrogen) atoms. The molecule has 1 aliphatic rings. The number of carbonyl (C=O) groups is 1. The van der Waals surface area contributed by atoms with E-state index in [2.05, 4.69) is 56.6 Å². The van der Waals surface area contributed by atoms with Crippen LogP contribution in [-0.4, -0.2) is 37.4 Å². The van der Waals surface area contributed by atoms with E-state index < -0.39 is 0 Å². The van der Waals surface area contributed by atoms with Crippen molar-refractivity contribution < 1.29 is 9.90 Å². The second kappa shape index (κ2) is 6.96. The summed E-state index contributed by atoms with van der Waals surface area (Å²) in [5.74, 6) is 1.34. The van der Waals surface area contributed by atoms with Gasteiger partial charge in [0.25, 0.3) is 0 Å². The number of carbonyl (C=O) groups excluding carboxylic acids is 1. The number of hydrogen-bond acceptors (Lipinski definition) is 4. The number of aryl methyl sites for hydroxylation is 1. The Kier molecular flexibility index (Phi) is 4.49. The van der Waals surface area contributed by atoms with Crippen molar-refractivity contribution >= 4 is 23.5 Å². The summed E-state index contributed by atoms with van der Waals surface area (Å²) in [5.41, 5.74) is 6.36. The van der Waals surface area contributed by atoms with Crippen LogP contribution in [0.5, 0.6) is 0 Å². The topological polar surface area (TPSA) is 83.3 Å². The molecule has 1 aromatic carbocycles.